The summed E-state index contributed by atoms with van der Waals surface area (Å²) in [5.41, 5.74) is 21.3. The first-order chi connectivity index (χ1) is 21.6. The molecule has 4 aromatic carbocycles. The number of carbonyl (C=O) groups excluding carboxylic acids is 1. The van der Waals surface area contributed by atoms with Gasteiger partial charge in [-0.1, -0.05) is 84.9 Å². The predicted molar refractivity (Wildman–Crippen MR) is 184 cm³/mol. The summed E-state index contributed by atoms with van der Waals surface area (Å²) in [6.45, 7) is 3.54. The van der Waals surface area contributed by atoms with E-state index >= 15 is 0 Å². The van der Waals surface area contributed by atoms with Crippen molar-refractivity contribution in [2.75, 3.05) is 23.7 Å². The highest BCUT2D eigenvalue weighted by Gasteiger charge is 2.22. The zero-order valence-corrected chi connectivity index (χ0v) is 25.9. The van der Waals surface area contributed by atoms with E-state index in [0.717, 1.165) is 63.6 Å². The second-order valence-corrected chi connectivity index (χ2v) is 12.7. The van der Waals surface area contributed by atoms with Crippen molar-refractivity contribution in [2.24, 2.45) is 11.7 Å². The second kappa shape index (κ2) is 13.9. The topological polar surface area (TPSA) is 75.6 Å². The summed E-state index contributed by atoms with van der Waals surface area (Å²) in [5, 5.41) is 1.95. The van der Waals surface area contributed by atoms with Crippen molar-refractivity contribution in [2.45, 2.75) is 38.9 Å². The van der Waals surface area contributed by atoms with Gasteiger partial charge in [0.1, 0.15) is 0 Å². The number of carbonyl (C=O) groups is 1. The number of nitrogens with two attached hydrogens (primary N) is 2. The molecule has 224 valence electrons. The lowest BCUT2D eigenvalue weighted by Gasteiger charge is -2.34. The Kier molecular flexibility index (Phi) is 9.40. The summed E-state index contributed by atoms with van der Waals surface area (Å²) in [5.74, 6) is 0.748. The lowest BCUT2D eigenvalue weighted by Crippen LogP contribution is -2.34. The molecule has 6 heteroatoms. The molecule has 0 radical (unpaired) electrons. The van der Waals surface area contributed by atoms with Gasteiger partial charge in [0.05, 0.1) is 16.3 Å². The summed E-state index contributed by atoms with van der Waals surface area (Å²) in [4.78, 5) is 18.6. The number of benzene rings is 4. The van der Waals surface area contributed by atoms with Crippen molar-refractivity contribution in [1.29, 1.82) is 0 Å². The summed E-state index contributed by atoms with van der Waals surface area (Å²) in [6.07, 6.45) is 3.50. The fourth-order valence-electron chi connectivity index (χ4n) is 6.25. The fraction of sp³-hybridized carbons (Fsp3) is 0.237. The van der Waals surface area contributed by atoms with Gasteiger partial charge in [0.15, 0.2) is 0 Å². The Hall–Kier alpha value is -4.39. The monoisotopic (exact) mass is 600 g/mol. The number of hydrogen-bond acceptors (Lipinski definition) is 5. The molecule has 5 aromatic rings. The average Bonchev–Trinajstić information content (AvgIpc) is 3.61. The maximum absolute atomic E-state index is 13.6. The molecule has 1 aliphatic heterocycles. The van der Waals surface area contributed by atoms with Crippen LogP contribution in [0, 0.1) is 5.92 Å². The number of piperidine rings is 1. The molecule has 44 heavy (non-hydrogen) atoms. The van der Waals surface area contributed by atoms with Crippen molar-refractivity contribution >= 4 is 28.6 Å². The number of rotatable bonds is 10. The van der Waals surface area contributed by atoms with Gasteiger partial charge >= 0.3 is 0 Å². The Morgan fingerprint density at radius 2 is 1.43 bits per heavy atom. The van der Waals surface area contributed by atoms with Gasteiger partial charge in [-0.15, -0.1) is 11.3 Å². The van der Waals surface area contributed by atoms with E-state index in [1.165, 1.54) is 29.7 Å². The fourth-order valence-corrected chi connectivity index (χ4v) is 6.94. The minimum absolute atomic E-state index is 0.0321. The summed E-state index contributed by atoms with van der Waals surface area (Å²) in [6, 6.07) is 37.7. The quantitative estimate of drug-likeness (QED) is 0.161. The van der Waals surface area contributed by atoms with E-state index in [2.05, 4.69) is 89.8 Å². The van der Waals surface area contributed by atoms with Crippen molar-refractivity contribution < 1.29 is 4.79 Å². The molecule has 1 aromatic heterocycles. The molecule has 1 saturated heterocycles. The molecule has 2 heterocycles. The first-order valence-electron chi connectivity index (χ1n) is 15.4. The molecule has 0 aliphatic carbocycles. The highest BCUT2D eigenvalue weighted by atomic mass is 32.1. The van der Waals surface area contributed by atoms with Gasteiger partial charge in [0.2, 0.25) is 0 Å². The third-order valence-corrected chi connectivity index (χ3v) is 9.46. The molecule has 0 bridgehead atoms. The molecular weight excluding hydrogens is 561 g/mol. The normalized spacial score (nSPS) is 13.6. The smallest absolute Gasteiger partial charge is 0.264 e. The van der Waals surface area contributed by atoms with Crippen molar-refractivity contribution in [3.8, 4) is 11.1 Å². The number of anilines is 2. The zero-order valence-electron chi connectivity index (χ0n) is 25.1. The Morgan fingerprint density at radius 3 is 2.14 bits per heavy atom. The van der Waals surface area contributed by atoms with Crippen molar-refractivity contribution in [3.05, 3.63) is 142 Å². The molecule has 1 amide bonds. The van der Waals surface area contributed by atoms with Crippen LogP contribution in [-0.2, 0) is 26.1 Å². The van der Waals surface area contributed by atoms with Crippen LogP contribution in [-0.4, -0.2) is 23.9 Å². The third kappa shape index (κ3) is 7.21. The number of nitrogens with zero attached hydrogens (tertiary/aromatic N) is 2. The van der Waals surface area contributed by atoms with Gasteiger partial charge in [-0.25, -0.2) is 0 Å². The summed E-state index contributed by atoms with van der Waals surface area (Å²) >= 11 is 1.47. The Labute approximate surface area is 264 Å². The number of nitrogen functional groups attached to an aromatic ring is 1. The number of amides is 1. The molecule has 0 saturated carbocycles. The zero-order chi connectivity index (χ0) is 30.3. The van der Waals surface area contributed by atoms with Gasteiger partial charge < -0.3 is 21.3 Å². The summed E-state index contributed by atoms with van der Waals surface area (Å²) in [7, 11) is 0. The van der Waals surface area contributed by atoms with Gasteiger partial charge in [-0.05, 0) is 88.2 Å². The molecular formula is C38H40N4OS. The largest absolute Gasteiger partial charge is 0.397 e. The lowest BCUT2D eigenvalue weighted by molar-refractivity contribution is 0.0735. The lowest BCUT2D eigenvalue weighted by atomic mass is 9.90. The standard InChI is InChI=1S/C38H40N4OS/c39-25-30-9-4-10-31(22-30)26-42(38(43)37-13-6-20-44-37)27-32-11-5-12-33(23-32)34-14-15-36(35(40)24-34)41-18-16-29(17-19-41)21-28-7-2-1-3-8-28/h1-15,20,22-24,29H,16-19,21,25-27,39-40H2. The van der Waals surface area contributed by atoms with Gasteiger partial charge in [0.25, 0.3) is 5.91 Å². The molecule has 0 atom stereocenters. The highest BCUT2D eigenvalue weighted by molar-refractivity contribution is 7.12. The molecule has 0 unspecified atom stereocenters. The molecule has 6 rings (SSSR count). The Balaban J connectivity index is 1.15. The van der Waals surface area contributed by atoms with Crippen molar-refractivity contribution in [3.63, 3.8) is 0 Å². The van der Waals surface area contributed by atoms with E-state index in [-0.39, 0.29) is 5.91 Å². The highest BCUT2D eigenvalue weighted by Crippen LogP contribution is 2.33. The molecule has 5 nitrogen and oxygen atoms in total. The van der Waals surface area contributed by atoms with Crippen LogP contribution in [0.2, 0.25) is 0 Å². The number of thiophene rings is 1. The van der Waals surface area contributed by atoms with E-state index in [0.29, 0.717) is 25.6 Å². The van der Waals surface area contributed by atoms with E-state index in [9.17, 15) is 4.79 Å². The van der Waals surface area contributed by atoms with E-state index < -0.39 is 0 Å². The maximum Gasteiger partial charge on any atom is 0.264 e. The van der Waals surface area contributed by atoms with Crippen LogP contribution in [0.25, 0.3) is 11.1 Å². The van der Waals surface area contributed by atoms with Crippen LogP contribution in [0.1, 0.15) is 44.8 Å². The van der Waals surface area contributed by atoms with Crippen LogP contribution in [0.4, 0.5) is 11.4 Å². The third-order valence-electron chi connectivity index (χ3n) is 8.60. The molecule has 1 fully saturated rings. The number of hydrogen-bond donors (Lipinski definition) is 2. The SMILES string of the molecule is NCc1cccc(CN(Cc2cccc(-c3ccc(N4CCC(Cc5ccccc5)CC4)c(N)c3)c2)C(=O)c2cccs2)c1. The maximum atomic E-state index is 13.6. The first-order valence-corrected chi connectivity index (χ1v) is 16.3. The van der Waals surface area contributed by atoms with Gasteiger partial charge in [0, 0.05) is 32.7 Å². The van der Waals surface area contributed by atoms with Crippen molar-refractivity contribution in [1.82, 2.24) is 4.90 Å². The Bertz CT molecular complexity index is 1680. The first kappa shape index (κ1) is 29.7. The van der Waals surface area contributed by atoms with Crippen LogP contribution in [0.15, 0.2) is 115 Å². The minimum Gasteiger partial charge on any atom is -0.397 e. The van der Waals surface area contributed by atoms with E-state index in [1.807, 2.05) is 34.5 Å². The van der Waals surface area contributed by atoms with Crippen LogP contribution >= 0.6 is 11.3 Å². The minimum atomic E-state index is 0.0321. The average molecular weight is 601 g/mol. The van der Waals surface area contributed by atoms with Crippen LogP contribution in [0.5, 0.6) is 0 Å². The second-order valence-electron chi connectivity index (χ2n) is 11.8. The van der Waals surface area contributed by atoms with E-state index in [1.54, 1.807) is 0 Å². The van der Waals surface area contributed by atoms with E-state index in [4.69, 9.17) is 11.5 Å². The van der Waals surface area contributed by atoms with Crippen LogP contribution < -0.4 is 16.4 Å². The van der Waals surface area contributed by atoms with Gasteiger partial charge in [-0.2, -0.15) is 0 Å². The molecule has 1 aliphatic rings. The summed E-state index contributed by atoms with van der Waals surface area (Å²) < 4.78 is 0. The molecule has 4 N–H and O–H groups in total. The Morgan fingerprint density at radius 1 is 0.750 bits per heavy atom. The predicted octanol–water partition coefficient (Wildman–Crippen LogP) is 7.76. The van der Waals surface area contributed by atoms with Crippen LogP contribution in [0.3, 0.4) is 0 Å². The van der Waals surface area contributed by atoms with Gasteiger partial charge in [-0.3, -0.25) is 4.79 Å². The molecule has 0 spiro atoms.